The number of ether oxygens (including phenoxy) is 1. The molecule has 0 fully saturated rings. The lowest BCUT2D eigenvalue weighted by molar-refractivity contribution is -0.136. The average Bonchev–Trinajstić information content (AvgIpc) is 2.13. The molecule has 0 aliphatic carbocycles. The molecule has 0 aliphatic heterocycles. The van der Waals surface area contributed by atoms with Gasteiger partial charge in [0, 0.05) is 18.8 Å². The zero-order valence-corrected chi connectivity index (χ0v) is 8.35. The molecule has 0 amide bonds. The molecule has 0 aromatic carbocycles. The molecule has 0 radical (unpaired) electrons. The number of hydrogen-bond donors (Lipinski definition) is 0. The van der Waals surface area contributed by atoms with Gasteiger partial charge in [-0.15, -0.1) is 0 Å². The molecule has 84 valence electrons. The van der Waals surface area contributed by atoms with E-state index >= 15 is 0 Å². The SMILES string of the molecule is FC(F)(F)CCCOc1nccnc1Cl. The lowest BCUT2D eigenvalue weighted by Crippen LogP contribution is -2.10. The molecule has 0 unspecified atom stereocenters. The summed E-state index contributed by atoms with van der Waals surface area (Å²) >= 11 is 5.57. The van der Waals surface area contributed by atoms with Crippen LogP contribution in [0.5, 0.6) is 5.88 Å². The van der Waals surface area contributed by atoms with Crippen molar-refractivity contribution in [1.29, 1.82) is 0 Å². The number of aromatic nitrogens is 2. The van der Waals surface area contributed by atoms with E-state index in [4.69, 9.17) is 16.3 Å². The monoisotopic (exact) mass is 240 g/mol. The molecule has 7 heteroatoms. The van der Waals surface area contributed by atoms with Gasteiger partial charge in [0.05, 0.1) is 6.61 Å². The minimum atomic E-state index is -4.16. The van der Waals surface area contributed by atoms with Gasteiger partial charge in [-0.25, -0.2) is 9.97 Å². The summed E-state index contributed by atoms with van der Waals surface area (Å²) in [5, 5.41) is 0.0458. The molecule has 0 bridgehead atoms. The Hall–Kier alpha value is -1.04. The van der Waals surface area contributed by atoms with E-state index in [9.17, 15) is 13.2 Å². The summed E-state index contributed by atoms with van der Waals surface area (Å²) in [6.45, 7) is -0.0854. The van der Waals surface area contributed by atoms with Crippen molar-refractivity contribution >= 4 is 11.6 Å². The van der Waals surface area contributed by atoms with Crippen LogP contribution in [0.4, 0.5) is 13.2 Å². The summed E-state index contributed by atoms with van der Waals surface area (Å²) in [4.78, 5) is 7.38. The molecule has 0 spiro atoms. The van der Waals surface area contributed by atoms with Crippen molar-refractivity contribution in [3.8, 4) is 5.88 Å². The fourth-order valence-electron chi connectivity index (χ4n) is 0.847. The lowest BCUT2D eigenvalue weighted by atomic mass is 10.3. The van der Waals surface area contributed by atoms with Crippen molar-refractivity contribution in [3.63, 3.8) is 0 Å². The van der Waals surface area contributed by atoms with E-state index in [1.165, 1.54) is 12.4 Å². The summed E-state index contributed by atoms with van der Waals surface area (Å²) < 4.78 is 40.2. The minimum Gasteiger partial charge on any atom is -0.475 e. The Bertz CT molecular complexity index is 319. The Labute approximate surface area is 89.2 Å². The molecule has 1 heterocycles. The third kappa shape index (κ3) is 4.83. The summed E-state index contributed by atoms with van der Waals surface area (Å²) in [5.41, 5.74) is 0. The maximum atomic E-state index is 11.8. The van der Waals surface area contributed by atoms with E-state index in [0.29, 0.717) is 0 Å². The Morgan fingerprint density at radius 1 is 1.27 bits per heavy atom. The highest BCUT2D eigenvalue weighted by Crippen LogP contribution is 2.22. The highest BCUT2D eigenvalue weighted by molar-refractivity contribution is 6.30. The van der Waals surface area contributed by atoms with Gasteiger partial charge in [-0.3, -0.25) is 0 Å². The van der Waals surface area contributed by atoms with Gasteiger partial charge in [0.25, 0.3) is 5.88 Å². The van der Waals surface area contributed by atoms with Crippen molar-refractivity contribution in [2.24, 2.45) is 0 Å². The van der Waals surface area contributed by atoms with Gasteiger partial charge < -0.3 is 4.74 Å². The largest absolute Gasteiger partial charge is 0.475 e. The van der Waals surface area contributed by atoms with Crippen LogP contribution in [0.1, 0.15) is 12.8 Å². The van der Waals surface area contributed by atoms with E-state index in [1.807, 2.05) is 0 Å². The van der Waals surface area contributed by atoms with E-state index in [1.54, 1.807) is 0 Å². The number of rotatable bonds is 4. The first kappa shape index (κ1) is 12.0. The van der Waals surface area contributed by atoms with Crippen molar-refractivity contribution < 1.29 is 17.9 Å². The second kappa shape index (κ2) is 5.16. The van der Waals surface area contributed by atoms with Gasteiger partial charge >= 0.3 is 6.18 Å². The standard InChI is InChI=1S/C8H8ClF3N2O/c9-6-7(14-4-3-13-6)15-5-1-2-8(10,11)12/h3-4H,1-2,5H2. The molecule has 0 N–H and O–H groups in total. The van der Waals surface area contributed by atoms with E-state index in [-0.39, 0.29) is 24.1 Å². The van der Waals surface area contributed by atoms with Crippen molar-refractivity contribution in [2.75, 3.05) is 6.61 Å². The van der Waals surface area contributed by atoms with Gasteiger partial charge in [-0.05, 0) is 6.42 Å². The van der Waals surface area contributed by atoms with Crippen molar-refractivity contribution in [1.82, 2.24) is 9.97 Å². The molecule has 0 atom stereocenters. The van der Waals surface area contributed by atoms with Crippen LogP contribution < -0.4 is 4.74 Å². The van der Waals surface area contributed by atoms with Gasteiger partial charge in [0.2, 0.25) is 0 Å². The molecular formula is C8H8ClF3N2O. The maximum absolute atomic E-state index is 11.8. The molecule has 1 rings (SSSR count). The number of alkyl halides is 3. The highest BCUT2D eigenvalue weighted by atomic mass is 35.5. The quantitative estimate of drug-likeness (QED) is 0.759. The third-order valence-electron chi connectivity index (χ3n) is 1.47. The minimum absolute atomic E-state index is 0.0458. The maximum Gasteiger partial charge on any atom is 0.389 e. The van der Waals surface area contributed by atoms with Gasteiger partial charge in [-0.2, -0.15) is 13.2 Å². The topological polar surface area (TPSA) is 35.0 Å². The van der Waals surface area contributed by atoms with Gasteiger partial charge in [0.15, 0.2) is 5.15 Å². The summed E-state index contributed by atoms with van der Waals surface area (Å²) in [6, 6.07) is 0. The van der Waals surface area contributed by atoms with Crippen LogP contribution in [0.25, 0.3) is 0 Å². The first-order valence-corrected chi connectivity index (χ1v) is 4.53. The first-order chi connectivity index (χ1) is 6.99. The molecule has 1 aromatic heterocycles. The highest BCUT2D eigenvalue weighted by Gasteiger charge is 2.26. The summed E-state index contributed by atoms with van der Waals surface area (Å²) in [7, 11) is 0. The molecule has 15 heavy (non-hydrogen) atoms. The Morgan fingerprint density at radius 3 is 2.53 bits per heavy atom. The number of hydrogen-bond acceptors (Lipinski definition) is 3. The predicted octanol–water partition coefficient (Wildman–Crippen LogP) is 2.85. The number of halogens is 4. The third-order valence-corrected chi connectivity index (χ3v) is 1.73. The number of nitrogens with zero attached hydrogens (tertiary/aromatic N) is 2. The van der Waals surface area contributed by atoms with Crippen LogP contribution in [0.3, 0.4) is 0 Å². The molecular weight excluding hydrogens is 233 g/mol. The van der Waals surface area contributed by atoms with Crippen LogP contribution in [0.15, 0.2) is 12.4 Å². The van der Waals surface area contributed by atoms with E-state index < -0.39 is 12.6 Å². The Morgan fingerprint density at radius 2 is 1.93 bits per heavy atom. The molecule has 0 saturated carbocycles. The normalized spacial score (nSPS) is 11.5. The van der Waals surface area contributed by atoms with Gasteiger partial charge in [-0.1, -0.05) is 11.6 Å². The van der Waals surface area contributed by atoms with Crippen LogP contribution in [0, 0.1) is 0 Å². The molecule has 0 aliphatic rings. The molecule has 3 nitrogen and oxygen atoms in total. The Kier molecular flexibility index (Phi) is 4.14. The van der Waals surface area contributed by atoms with Gasteiger partial charge in [0.1, 0.15) is 0 Å². The average molecular weight is 241 g/mol. The van der Waals surface area contributed by atoms with Crippen molar-refractivity contribution in [3.05, 3.63) is 17.5 Å². The molecule has 0 saturated heterocycles. The van der Waals surface area contributed by atoms with Crippen LogP contribution in [-0.4, -0.2) is 22.8 Å². The molecule has 1 aromatic rings. The van der Waals surface area contributed by atoms with E-state index in [0.717, 1.165) is 0 Å². The Balaban J connectivity index is 2.30. The zero-order valence-electron chi connectivity index (χ0n) is 7.59. The van der Waals surface area contributed by atoms with Crippen molar-refractivity contribution in [2.45, 2.75) is 19.0 Å². The summed E-state index contributed by atoms with van der Waals surface area (Å²) in [6.07, 6.45) is -2.45. The first-order valence-electron chi connectivity index (χ1n) is 4.15. The fourth-order valence-corrected chi connectivity index (χ4v) is 1.01. The fraction of sp³-hybridized carbons (Fsp3) is 0.500. The van der Waals surface area contributed by atoms with Crippen LogP contribution >= 0.6 is 11.6 Å². The van der Waals surface area contributed by atoms with Crippen LogP contribution in [0.2, 0.25) is 5.15 Å². The zero-order chi connectivity index (χ0) is 11.3. The second-order valence-electron chi connectivity index (χ2n) is 2.72. The second-order valence-corrected chi connectivity index (χ2v) is 3.08. The van der Waals surface area contributed by atoms with Crippen LogP contribution in [-0.2, 0) is 0 Å². The van der Waals surface area contributed by atoms with E-state index in [2.05, 4.69) is 9.97 Å². The smallest absolute Gasteiger partial charge is 0.389 e. The summed E-state index contributed by atoms with van der Waals surface area (Å²) in [5.74, 6) is 0.0568. The predicted molar refractivity (Wildman–Crippen MR) is 47.8 cm³/mol. The lowest BCUT2D eigenvalue weighted by Gasteiger charge is -2.07.